The second-order valence-electron chi connectivity index (χ2n) is 4.70. The van der Waals surface area contributed by atoms with Gasteiger partial charge in [0.15, 0.2) is 0 Å². The third kappa shape index (κ3) is 3.62. The Balaban J connectivity index is 2.24. The fraction of sp³-hybridized carbons (Fsp3) is 0.600. The maximum absolute atomic E-state index is 12.0. The molecule has 1 saturated heterocycles. The Morgan fingerprint density at radius 2 is 2.05 bits per heavy atom. The summed E-state index contributed by atoms with van der Waals surface area (Å²) in [4.78, 5) is 25.6. The SMILES string of the molecule is Cn1c(=O)[nH]cc([C@@H]2O[C@H](COP(=O)(Cl)Cl)[C@H](O)C2O)c1=O. The smallest absolute Gasteiger partial charge is 0.380 e. The van der Waals surface area contributed by atoms with Crippen molar-refractivity contribution >= 4 is 28.6 Å². The molecule has 2 heterocycles. The molecule has 4 atom stereocenters. The Morgan fingerprint density at radius 1 is 1.41 bits per heavy atom. The number of aliphatic hydroxyl groups is 2. The van der Waals surface area contributed by atoms with Crippen molar-refractivity contribution < 1.29 is 24.0 Å². The zero-order chi connectivity index (χ0) is 16.7. The molecule has 9 nitrogen and oxygen atoms in total. The number of hydrogen-bond acceptors (Lipinski definition) is 7. The molecular weight excluding hydrogens is 362 g/mol. The molecule has 3 N–H and O–H groups in total. The molecule has 0 spiro atoms. The summed E-state index contributed by atoms with van der Waals surface area (Å²) in [6.45, 7) is -0.442. The highest BCUT2D eigenvalue weighted by atomic mass is 35.9. The fourth-order valence-corrected chi connectivity index (χ4v) is 2.75. The molecule has 0 aliphatic carbocycles. The molecule has 0 bridgehead atoms. The normalized spacial score (nSPS) is 29.0. The van der Waals surface area contributed by atoms with E-state index in [0.717, 1.165) is 10.8 Å². The Kier molecular flexibility index (Phi) is 5.18. The van der Waals surface area contributed by atoms with E-state index in [1.807, 2.05) is 0 Å². The quantitative estimate of drug-likeness (QED) is 0.623. The lowest BCUT2D eigenvalue weighted by molar-refractivity contribution is -0.0159. The van der Waals surface area contributed by atoms with Gasteiger partial charge in [-0.25, -0.2) is 4.79 Å². The maximum atomic E-state index is 12.0. The summed E-state index contributed by atoms with van der Waals surface area (Å²) < 4.78 is 21.8. The Labute approximate surface area is 133 Å². The van der Waals surface area contributed by atoms with Crippen LogP contribution in [0.1, 0.15) is 11.7 Å². The average molecular weight is 375 g/mol. The highest BCUT2D eigenvalue weighted by molar-refractivity contribution is 8.05. The first-order valence-corrected chi connectivity index (χ1v) is 9.49. The molecule has 0 aromatic carbocycles. The largest absolute Gasteiger partial charge is 0.387 e. The minimum Gasteiger partial charge on any atom is -0.387 e. The van der Waals surface area contributed by atoms with Crippen LogP contribution in [0.5, 0.6) is 0 Å². The van der Waals surface area contributed by atoms with Gasteiger partial charge in [0.25, 0.3) is 5.56 Å². The van der Waals surface area contributed by atoms with Gasteiger partial charge >= 0.3 is 11.8 Å². The van der Waals surface area contributed by atoms with Crippen molar-refractivity contribution in [3.63, 3.8) is 0 Å². The first-order valence-electron chi connectivity index (χ1n) is 6.06. The van der Waals surface area contributed by atoms with Gasteiger partial charge < -0.3 is 24.5 Å². The maximum Gasteiger partial charge on any atom is 0.380 e. The van der Waals surface area contributed by atoms with E-state index in [1.165, 1.54) is 7.05 Å². The van der Waals surface area contributed by atoms with E-state index < -0.39 is 48.3 Å². The number of rotatable bonds is 4. The Hall–Kier alpha value is -0.670. The molecule has 0 saturated carbocycles. The molecular formula is C10H13Cl2N2O7P. The Morgan fingerprint density at radius 3 is 2.64 bits per heavy atom. The van der Waals surface area contributed by atoms with Crippen LogP contribution in [0.2, 0.25) is 0 Å². The van der Waals surface area contributed by atoms with Crippen molar-refractivity contribution in [1.29, 1.82) is 0 Å². The second-order valence-corrected chi connectivity index (χ2v) is 8.98. The van der Waals surface area contributed by atoms with Gasteiger partial charge in [0.05, 0.1) is 12.2 Å². The van der Waals surface area contributed by atoms with Crippen LogP contribution in [0.15, 0.2) is 15.8 Å². The number of hydrogen-bond donors (Lipinski definition) is 3. The molecule has 12 heteroatoms. The number of nitrogens with zero attached hydrogens (tertiary/aromatic N) is 1. The summed E-state index contributed by atoms with van der Waals surface area (Å²) in [7, 11) is 1.25. The molecule has 0 amide bonds. The molecule has 2 rings (SSSR count). The molecule has 1 unspecified atom stereocenters. The van der Waals surface area contributed by atoms with Crippen molar-refractivity contribution in [3.05, 3.63) is 32.6 Å². The number of aromatic nitrogens is 2. The lowest BCUT2D eigenvalue weighted by Gasteiger charge is -2.14. The van der Waals surface area contributed by atoms with Crippen LogP contribution in [0.25, 0.3) is 0 Å². The molecule has 1 aliphatic heterocycles. The van der Waals surface area contributed by atoms with Gasteiger partial charge in [0.2, 0.25) is 0 Å². The highest BCUT2D eigenvalue weighted by Gasteiger charge is 2.45. The van der Waals surface area contributed by atoms with E-state index in [0.29, 0.717) is 0 Å². The van der Waals surface area contributed by atoms with Crippen LogP contribution in [-0.2, 0) is 20.9 Å². The zero-order valence-electron chi connectivity index (χ0n) is 11.2. The van der Waals surface area contributed by atoms with Crippen molar-refractivity contribution in [2.45, 2.75) is 24.4 Å². The molecule has 124 valence electrons. The number of aromatic amines is 1. The van der Waals surface area contributed by atoms with Crippen LogP contribution in [0, 0.1) is 0 Å². The predicted molar refractivity (Wildman–Crippen MR) is 77.2 cm³/mol. The van der Waals surface area contributed by atoms with Crippen molar-refractivity contribution in [2.75, 3.05) is 6.61 Å². The van der Waals surface area contributed by atoms with Gasteiger partial charge in [-0.1, -0.05) is 0 Å². The van der Waals surface area contributed by atoms with Gasteiger partial charge in [-0.2, -0.15) is 0 Å². The first-order chi connectivity index (χ1) is 10.1. The molecule has 0 radical (unpaired) electrons. The summed E-state index contributed by atoms with van der Waals surface area (Å²) in [6, 6.07) is 0. The van der Waals surface area contributed by atoms with E-state index in [1.54, 1.807) is 0 Å². The summed E-state index contributed by atoms with van der Waals surface area (Å²) in [5, 5.41) is 19.9. The van der Waals surface area contributed by atoms with Crippen molar-refractivity contribution in [2.24, 2.45) is 7.05 Å². The van der Waals surface area contributed by atoms with Gasteiger partial charge in [0.1, 0.15) is 24.4 Å². The van der Waals surface area contributed by atoms with Gasteiger partial charge in [-0.05, 0) is 22.5 Å². The summed E-state index contributed by atoms with van der Waals surface area (Å²) >= 11 is 10.4. The van der Waals surface area contributed by atoms with Gasteiger partial charge in [0, 0.05) is 13.2 Å². The van der Waals surface area contributed by atoms with E-state index in [-0.39, 0.29) is 5.56 Å². The molecule has 1 fully saturated rings. The summed E-state index contributed by atoms with van der Waals surface area (Å²) in [5.74, 6) is 0. The number of nitrogens with one attached hydrogen (secondary N) is 1. The number of halogens is 2. The van der Waals surface area contributed by atoms with E-state index in [2.05, 4.69) is 9.51 Å². The van der Waals surface area contributed by atoms with Gasteiger partial charge in [-0.3, -0.25) is 13.9 Å². The molecule has 22 heavy (non-hydrogen) atoms. The third-order valence-electron chi connectivity index (χ3n) is 3.27. The molecule has 1 aromatic rings. The van der Waals surface area contributed by atoms with E-state index in [4.69, 9.17) is 27.2 Å². The molecule has 1 aromatic heterocycles. The number of aliphatic hydroxyl groups excluding tert-OH is 2. The Bertz CT molecular complexity index is 714. The zero-order valence-corrected chi connectivity index (χ0v) is 13.6. The predicted octanol–water partition coefficient (Wildman–Crippen LogP) is -0.162. The number of ether oxygens (including phenoxy) is 1. The van der Waals surface area contributed by atoms with Gasteiger partial charge in [-0.15, -0.1) is 0 Å². The van der Waals surface area contributed by atoms with Crippen molar-refractivity contribution in [1.82, 2.24) is 9.55 Å². The lowest BCUT2D eigenvalue weighted by Crippen LogP contribution is -2.37. The van der Waals surface area contributed by atoms with Crippen LogP contribution in [0.4, 0.5) is 0 Å². The third-order valence-corrected chi connectivity index (χ3v) is 4.30. The average Bonchev–Trinajstić information content (AvgIpc) is 2.70. The van der Waals surface area contributed by atoms with E-state index in [9.17, 15) is 24.4 Å². The topological polar surface area (TPSA) is 131 Å². The van der Waals surface area contributed by atoms with Crippen LogP contribution in [0.3, 0.4) is 0 Å². The van der Waals surface area contributed by atoms with Crippen LogP contribution < -0.4 is 11.2 Å². The standard InChI is InChI=1S/C10H13Cl2N2O7P/c1-14-9(17)4(2-13-10(14)18)8-7(16)6(15)5(21-8)3-20-22(11,12)19/h2,5-8,15-16H,3H2,1H3,(H,13,18)/t5-,6+,7?,8+/m1/s1. The highest BCUT2D eigenvalue weighted by Crippen LogP contribution is 2.57. The minimum atomic E-state index is -3.82. The summed E-state index contributed by atoms with van der Waals surface area (Å²) in [6.07, 6.45) is -7.87. The monoisotopic (exact) mass is 374 g/mol. The van der Waals surface area contributed by atoms with Crippen LogP contribution in [-0.4, -0.2) is 44.7 Å². The summed E-state index contributed by atoms with van der Waals surface area (Å²) in [5.41, 5.74) is -1.36. The van der Waals surface area contributed by atoms with Crippen LogP contribution >= 0.6 is 28.6 Å². The number of H-pyrrole nitrogens is 1. The van der Waals surface area contributed by atoms with Crippen molar-refractivity contribution in [3.8, 4) is 0 Å². The van der Waals surface area contributed by atoms with E-state index >= 15 is 0 Å². The fourth-order valence-electron chi connectivity index (χ4n) is 2.09. The lowest BCUT2D eigenvalue weighted by atomic mass is 10.0. The first kappa shape index (κ1) is 17.7. The minimum absolute atomic E-state index is 0.0453. The molecule has 1 aliphatic rings. The second kappa shape index (κ2) is 6.45.